The molecule has 0 heterocycles. The Morgan fingerprint density at radius 2 is 1.90 bits per heavy atom. The molecular formula is C15H22Cl2N2O2. The molecule has 1 amide bonds. The first-order valence-corrected chi connectivity index (χ1v) is 7.32. The van der Waals surface area contributed by atoms with Gasteiger partial charge in [0.15, 0.2) is 0 Å². The highest BCUT2D eigenvalue weighted by Gasteiger charge is 2.38. The minimum atomic E-state index is -0.658. The van der Waals surface area contributed by atoms with Crippen molar-refractivity contribution in [2.45, 2.75) is 31.2 Å². The van der Waals surface area contributed by atoms with Crippen molar-refractivity contribution in [1.82, 2.24) is 4.90 Å². The fourth-order valence-corrected chi connectivity index (χ4v) is 2.66. The summed E-state index contributed by atoms with van der Waals surface area (Å²) in [7, 11) is 1.78. The number of hydrogen-bond donors (Lipinski definition) is 1. The predicted octanol–water partition coefficient (Wildman–Crippen LogP) is 2.87. The van der Waals surface area contributed by atoms with E-state index in [0.717, 1.165) is 31.4 Å². The highest BCUT2D eigenvalue weighted by molar-refractivity contribution is 6.30. The summed E-state index contributed by atoms with van der Waals surface area (Å²) >= 11 is 5.80. The molecule has 2 rings (SSSR count). The molecule has 0 radical (unpaired) electrons. The summed E-state index contributed by atoms with van der Waals surface area (Å²) in [5, 5.41) is 0.677. The monoisotopic (exact) mass is 332 g/mol. The molecule has 4 nitrogen and oxygen atoms in total. The van der Waals surface area contributed by atoms with Gasteiger partial charge in [0.2, 0.25) is 5.91 Å². The highest BCUT2D eigenvalue weighted by atomic mass is 35.5. The van der Waals surface area contributed by atoms with Crippen molar-refractivity contribution in [2.75, 3.05) is 20.2 Å². The van der Waals surface area contributed by atoms with Gasteiger partial charge < -0.3 is 15.4 Å². The van der Waals surface area contributed by atoms with Crippen LogP contribution in [0.25, 0.3) is 0 Å². The number of amides is 1. The van der Waals surface area contributed by atoms with Crippen LogP contribution in [0, 0.1) is 0 Å². The lowest BCUT2D eigenvalue weighted by molar-refractivity contribution is -0.135. The van der Waals surface area contributed by atoms with Crippen LogP contribution in [0.1, 0.15) is 25.7 Å². The Morgan fingerprint density at radius 3 is 2.48 bits per heavy atom. The summed E-state index contributed by atoms with van der Waals surface area (Å²) < 4.78 is 5.58. The maximum atomic E-state index is 12.3. The van der Waals surface area contributed by atoms with Gasteiger partial charge in [-0.15, -0.1) is 12.4 Å². The van der Waals surface area contributed by atoms with E-state index in [2.05, 4.69) is 0 Å². The van der Waals surface area contributed by atoms with Gasteiger partial charge in [-0.1, -0.05) is 24.4 Å². The summed E-state index contributed by atoms with van der Waals surface area (Å²) in [5.41, 5.74) is 5.50. The van der Waals surface area contributed by atoms with Crippen LogP contribution in [0.4, 0.5) is 0 Å². The van der Waals surface area contributed by atoms with Crippen molar-refractivity contribution in [3.05, 3.63) is 29.3 Å². The van der Waals surface area contributed by atoms with E-state index in [-0.39, 0.29) is 18.3 Å². The summed E-state index contributed by atoms with van der Waals surface area (Å²) in [4.78, 5) is 13.9. The van der Waals surface area contributed by atoms with Crippen molar-refractivity contribution in [2.24, 2.45) is 5.73 Å². The van der Waals surface area contributed by atoms with Crippen LogP contribution in [0.15, 0.2) is 24.3 Å². The topological polar surface area (TPSA) is 55.6 Å². The van der Waals surface area contributed by atoms with E-state index in [1.54, 1.807) is 24.1 Å². The SMILES string of the molecule is CN(CCOc1ccc(Cl)cc1)C(=O)C1(N)CCCC1.Cl. The number of hydrogen-bond acceptors (Lipinski definition) is 3. The Hall–Kier alpha value is -0.970. The van der Waals surface area contributed by atoms with E-state index in [4.69, 9.17) is 22.1 Å². The van der Waals surface area contributed by atoms with Crippen LogP contribution in [0.3, 0.4) is 0 Å². The lowest BCUT2D eigenvalue weighted by Crippen LogP contribution is -2.53. The van der Waals surface area contributed by atoms with Crippen LogP contribution in [-0.2, 0) is 4.79 Å². The molecule has 1 aliphatic carbocycles. The zero-order chi connectivity index (χ0) is 14.6. The van der Waals surface area contributed by atoms with Gasteiger partial charge in [-0.25, -0.2) is 0 Å². The molecule has 0 unspecified atom stereocenters. The van der Waals surface area contributed by atoms with Crippen LogP contribution in [0.2, 0.25) is 5.02 Å². The van der Waals surface area contributed by atoms with Crippen molar-refractivity contribution in [3.8, 4) is 5.75 Å². The summed E-state index contributed by atoms with van der Waals surface area (Å²) in [6.45, 7) is 0.973. The third-order valence-electron chi connectivity index (χ3n) is 3.78. The molecule has 21 heavy (non-hydrogen) atoms. The number of carbonyl (C=O) groups is 1. The van der Waals surface area contributed by atoms with Gasteiger partial charge in [0.05, 0.1) is 12.1 Å². The van der Waals surface area contributed by atoms with Gasteiger partial charge in [0.1, 0.15) is 12.4 Å². The van der Waals surface area contributed by atoms with E-state index in [1.807, 2.05) is 12.1 Å². The number of carbonyl (C=O) groups excluding carboxylic acids is 1. The first-order chi connectivity index (χ1) is 9.51. The van der Waals surface area contributed by atoms with Crippen LogP contribution >= 0.6 is 24.0 Å². The first kappa shape index (κ1) is 18.1. The van der Waals surface area contributed by atoms with Crippen LogP contribution in [-0.4, -0.2) is 36.5 Å². The number of ether oxygens (including phenoxy) is 1. The summed E-state index contributed by atoms with van der Waals surface area (Å²) in [6, 6.07) is 7.18. The number of benzene rings is 1. The molecule has 0 bridgehead atoms. The van der Waals surface area contributed by atoms with E-state index in [9.17, 15) is 4.79 Å². The van der Waals surface area contributed by atoms with Gasteiger partial charge in [-0.05, 0) is 37.1 Å². The maximum Gasteiger partial charge on any atom is 0.242 e. The van der Waals surface area contributed by atoms with E-state index >= 15 is 0 Å². The van der Waals surface area contributed by atoms with Crippen molar-refractivity contribution < 1.29 is 9.53 Å². The fraction of sp³-hybridized carbons (Fsp3) is 0.533. The maximum absolute atomic E-state index is 12.3. The predicted molar refractivity (Wildman–Crippen MR) is 87.2 cm³/mol. The Morgan fingerprint density at radius 1 is 1.33 bits per heavy atom. The molecule has 0 aliphatic heterocycles. The summed E-state index contributed by atoms with van der Waals surface area (Å²) in [5.74, 6) is 0.772. The third-order valence-corrected chi connectivity index (χ3v) is 4.03. The molecule has 0 atom stereocenters. The van der Waals surface area contributed by atoms with Crippen LogP contribution < -0.4 is 10.5 Å². The molecule has 0 aromatic heterocycles. The average molecular weight is 333 g/mol. The molecule has 118 valence electrons. The molecule has 0 saturated heterocycles. The zero-order valence-corrected chi connectivity index (χ0v) is 13.8. The molecule has 1 aromatic rings. The van der Waals surface area contributed by atoms with Gasteiger partial charge >= 0.3 is 0 Å². The van der Waals surface area contributed by atoms with Gasteiger partial charge in [0, 0.05) is 12.1 Å². The minimum Gasteiger partial charge on any atom is -0.492 e. The van der Waals surface area contributed by atoms with Crippen molar-refractivity contribution in [1.29, 1.82) is 0 Å². The number of rotatable bonds is 5. The molecule has 0 spiro atoms. The lowest BCUT2D eigenvalue weighted by atomic mass is 9.97. The van der Waals surface area contributed by atoms with Gasteiger partial charge in [-0.2, -0.15) is 0 Å². The van der Waals surface area contributed by atoms with Crippen molar-refractivity contribution >= 4 is 29.9 Å². The smallest absolute Gasteiger partial charge is 0.242 e. The number of nitrogens with zero attached hydrogens (tertiary/aromatic N) is 1. The van der Waals surface area contributed by atoms with Gasteiger partial charge in [0.25, 0.3) is 0 Å². The lowest BCUT2D eigenvalue weighted by Gasteiger charge is -2.28. The summed E-state index contributed by atoms with van der Waals surface area (Å²) in [6.07, 6.45) is 3.65. The van der Waals surface area contributed by atoms with Crippen LogP contribution in [0.5, 0.6) is 5.75 Å². The second kappa shape index (κ2) is 7.87. The molecule has 1 aliphatic rings. The standard InChI is InChI=1S/C15H21ClN2O2.ClH/c1-18(14(19)15(17)8-2-3-9-15)10-11-20-13-6-4-12(16)5-7-13;/h4-7H,2-3,8-11,17H2,1H3;1H. The highest BCUT2D eigenvalue weighted by Crippen LogP contribution is 2.28. The van der Waals surface area contributed by atoms with E-state index in [0.29, 0.717) is 18.2 Å². The Bertz CT molecular complexity index is 459. The Kier molecular flexibility index (Phi) is 6.78. The number of nitrogens with two attached hydrogens (primary N) is 1. The van der Waals surface area contributed by atoms with Gasteiger partial charge in [-0.3, -0.25) is 4.79 Å². The molecule has 1 fully saturated rings. The minimum absolute atomic E-state index is 0. The normalized spacial score (nSPS) is 16.1. The molecule has 1 aromatic carbocycles. The Labute approximate surface area is 137 Å². The van der Waals surface area contributed by atoms with Crippen molar-refractivity contribution in [3.63, 3.8) is 0 Å². The second-order valence-electron chi connectivity index (χ2n) is 5.39. The quantitative estimate of drug-likeness (QED) is 0.901. The Balaban J connectivity index is 0.00000220. The molecular weight excluding hydrogens is 311 g/mol. The largest absolute Gasteiger partial charge is 0.492 e. The third kappa shape index (κ3) is 4.77. The van der Waals surface area contributed by atoms with E-state index in [1.165, 1.54) is 0 Å². The molecule has 2 N–H and O–H groups in total. The second-order valence-corrected chi connectivity index (χ2v) is 5.83. The molecule has 1 saturated carbocycles. The molecule has 6 heteroatoms. The number of halogens is 2. The van der Waals surface area contributed by atoms with E-state index < -0.39 is 5.54 Å². The first-order valence-electron chi connectivity index (χ1n) is 6.94. The average Bonchev–Trinajstić information content (AvgIpc) is 2.88. The number of likely N-dealkylation sites (N-methyl/N-ethyl adjacent to an activating group) is 1. The zero-order valence-electron chi connectivity index (χ0n) is 12.2. The fourth-order valence-electron chi connectivity index (χ4n) is 2.53.